The lowest BCUT2D eigenvalue weighted by molar-refractivity contribution is -0.214. The minimum absolute atomic E-state index is 0.406. The van der Waals surface area contributed by atoms with Crippen LogP contribution in [-0.4, -0.2) is 13.2 Å². The molecule has 0 atom stereocenters. The van der Waals surface area contributed by atoms with Gasteiger partial charge in [-0.15, -0.1) is 0 Å². The molecular formula is C19H24F2O2. The van der Waals surface area contributed by atoms with Crippen molar-refractivity contribution in [3.05, 3.63) is 47.5 Å². The van der Waals surface area contributed by atoms with Crippen LogP contribution in [0.3, 0.4) is 0 Å². The van der Waals surface area contributed by atoms with Crippen LogP contribution in [0.15, 0.2) is 30.4 Å². The summed E-state index contributed by atoms with van der Waals surface area (Å²) in [6.07, 6.45) is 8.76. The fourth-order valence-electron chi connectivity index (χ4n) is 3.72. The maximum Gasteiger partial charge on any atom is 0.183 e. The van der Waals surface area contributed by atoms with Gasteiger partial charge in [0, 0.05) is 11.5 Å². The van der Waals surface area contributed by atoms with Crippen LogP contribution in [0.1, 0.15) is 44.5 Å². The molecule has 23 heavy (non-hydrogen) atoms. The third-order valence-electron chi connectivity index (χ3n) is 5.09. The van der Waals surface area contributed by atoms with Crippen LogP contribution in [0.4, 0.5) is 8.78 Å². The zero-order valence-electron chi connectivity index (χ0n) is 13.5. The summed E-state index contributed by atoms with van der Waals surface area (Å²) in [7, 11) is 0. The van der Waals surface area contributed by atoms with Crippen molar-refractivity contribution in [1.82, 2.24) is 0 Å². The molecule has 2 fully saturated rings. The van der Waals surface area contributed by atoms with Gasteiger partial charge in [0.2, 0.25) is 0 Å². The van der Waals surface area contributed by atoms with Crippen molar-refractivity contribution in [2.75, 3.05) is 13.2 Å². The van der Waals surface area contributed by atoms with Crippen LogP contribution in [-0.2, 0) is 9.47 Å². The van der Waals surface area contributed by atoms with E-state index in [1.807, 2.05) is 0 Å². The molecule has 0 N–H and O–H groups in total. The number of halogens is 2. The standard InChI is InChI=1S/C19H24F2O2/c1-2-3-13-4-6-14(7-5-13)16-11-22-19(23-12-16)15-8-9-17(20)18(21)10-15/h2-3,8-10,13-14,16,19H,4-7,11-12H2,1H3/b3-2+. The Morgan fingerprint density at radius 3 is 2.26 bits per heavy atom. The SMILES string of the molecule is C/C=C/C1CCC(C2COC(c3ccc(F)c(F)c3)OC2)CC1. The largest absolute Gasteiger partial charge is 0.348 e. The molecule has 0 spiro atoms. The molecular weight excluding hydrogens is 298 g/mol. The molecule has 1 aromatic rings. The molecule has 0 aromatic heterocycles. The van der Waals surface area contributed by atoms with E-state index in [2.05, 4.69) is 19.1 Å². The quantitative estimate of drug-likeness (QED) is 0.728. The fraction of sp³-hybridized carbons (Fsp3) is 0.579. The van der Waals surface area contributed by atoms with Gasteiger partial charge < -0.3 is 9.47 Å². The van der Waals surface area contributed by atoms with Crippen molar-refractivity contribution in [3.8, 4) is 0 Å². The Balaban J connectivity index is 1.51. The third-order valence-corrected chi connectivity index (χ3v) is 5.09. The molecule has 2 aliphatic rings. The second-order valence-corrected chi connectivity index (χ2v) is 6.63. The van der Waals surface area contributed by atoms with E-state index in [1.54, 1.807) is 0 Å². The molecule has 1 aliphatic carbocycles. The summed E-state index contributed by atoms with van der Waals surface area (Å²) in [6.45, 7) is 3.33. The maximum absolute atomic E-state index is 13.3. The summed E-state index contributed by atoms with van der Waals surface area (Å²) in [5.41, 5.74) is 0.541. The van der Waals surface area contributed by atoms with E-state index in [-0.39, 0.29) is 0 Å². The number of hydrogen-bond donors (Lipinski definition) is 0. The van der Waals surface area contributed by atoms with Crippen molar-refractivity contribution in [2.24, 2.45) is 17.8 Å². The Labute approximate surface area is 136 Å². The Hall–Kier alpha value is -1.26. The molecule has 1 aliphatic heterocycles. The highest BCUT2D eigenvalue weighted by atomic mass is 19.2. The maximum atomic E-state index is 13.3. The molecule has 0 unspecified atom stereocenters. The molecule has 1 heterocycles. The minimum Gasteiger partial charge on any atom is -0.348 e. The van der Waals surface area contributed by atoms with Gasteiger partial charge in [-0.25, -0.2) is 8.78 Å². The molecule has 1 saturated heterocycles. The number of benzene rings is 1. The van der Waals surface area contributed by atoms with Crippen LogP contribution >= 0.6 is 0 Å². The average Bonchev–Trinajstić information content (AvgIpc) is 2.59. The van der Waals surface area contributed by atoms with Gasteiger partial charge in [0.15, 0.2) is 17.9 Å². The van der Waals surface area contributed by atoms with E-state index in [1.165, 1.54) is 31.7 Å². The molecule has 3 rings (SSSR count). The fourth-order valence-corrected chi connectivity index (χ4v) is 3.72. The topological polar surface area (TPSA) is 18.5 Å². The highest BCUT2D eigenvalue weighted by molar-refractivity contribution is 5.19. The summed E-state index contributed by atoms with van der Waals surface area (Å²) in [5, 5.41) is 0. The number of hydrogen-bond acceptors (Lipinski definition) is 2. The summed E-state index contributed by atoms with van der Waals surface area (Å²) >= 11 is 0. The molecule has 1 aromatic carbocycles. The lowest BCUT2D eigenvalue weighted by Crippen LogP contribution is -2.34. The first-order valence-corrected chi connectivity index (χ1v) is 8.48. The second kappa shape index (κ2) is 7.54. The van der Waals surface area contributed by atoms with Gasteiger partial charge in [-0.3, -0.25) is 0 Å². The van der Waals surface area contributed by atoms with Gasteiger partial charge in [0.25, 0.3) is 0 Å². The van der Waals surface area contributed by atoms with Crippen molar-refractivity contribution in [2.45, 2.75) is 38.9 Å². The van der Waals surface area contributed by atoms with Gasteiger partial charge in [-0.05, 0) is 56.6 Å². The normalized spacial score (nSPS) is 32.3. The highest BCUT2D eigenvalue weighted by Gasteiger charge is 2.32. The van der Waals surface area contributed by atoms with Gasteiger partial charge in [0.1, 0.15) is 0 Å². The smallest absolute Gasteiger partial charge is 0.183 e. The van der Waals surface area contributed by atoms with Gasteiger partial charge in [-0.2, -0.15) is 0 Å². The zero-order valence-corrected chi connectivity index (χ0v) is 13.5. The minimum atomic E-state index is -0.862. The number of rotatable bonds is 3. The number of ether oxygens (including phenoxy) is 2. The average molecular weight is 322 g/mol. The molecule has 0 bridgehead atoms. The Morgan fingerprint density at radius 2 is 1.65 bits per heavy atom. The van der Waals surface area contributed by atoms with Crippen molar-refractivity contribution < 1.29 is 18.3 Å². The van der Waals surface area contributed by atoms with Gasteiger partial charge >= 0.3 is 0 Å². The second-order valence-electron chi connectivity index (χ2n) is 6.63. The Morgan fingerprint density at radius 1 is 0.957 bits per heavy atom. The summed E-state index contributed by atoms with van der Waals surface area (Å²) in [5.74, 6) is 0.0570. The number of allylic oxidation sites excluding steroid dienone is 2. The molecule has 2 nitrogen and oxygen atoms in total. The van der Waals surface area contributed by atoms with Crippen molar-refractivity contribution >= 4 is 0 Å². The molecule has 4 heteroatoms. The molecule has 0 amide bonds. The van der Waals surface area contributed by atoms with E-state index in [9.17, 15) is 8.78 Å². The summed E-state index contributed by atoms with van der Waals surface area (Å²) in [6, 6.07) is 3.79. The summed E-state index contributed by atoms with van der Waals surface area (Å²) in [4.78, 5) is 0. The van der Waals surface area contributed by atoms with Crippen molar-refractivity contribution in [1.29, 1.82) is 0 Å². The summed E-state index contributed by atoms with van der Waals surface area (Å²) < 4.78 is 37.9. The van der Waals surface area contributed by atoms with E-state index >= 15 is 0 Å². The van der Waals surface area contributed by atoms with E-state index in [4.69, 9.17) is 9.47 Å². The highest BCUT2D eigenvalue weighted by Crippen LogP contribution is 2.37. The molecule has 0 radical (unpaired) electrons. The lowest BCUT2D eigenvalue weighted by atomic mass is 9.76. The van der Waals surface area contributed by atoms with E-state index in [0.717, 1.165) is 18.1 Å². The molecule has 1 saturated carbocycles. The van der Waals surface area contributed by atoms with E-state index in [0.29, 0.717) is 30.6 Å². The van der Waals surface area contributed by atoms with Gasteiger partial charge in [-0.1, -0.05) is 18.2 Å². The predicted molar refractivity (Wildman–Crippen MR) is 84.8 cm³/mol. The third kappa shape index (κ3) is 3.99. The predicted octanol–water partition coefficient (Wildman–Crippen LogP) is 5.01. The zero-order chi connectivity index (χ0) is 16.2. The lowest BCUT2D eigenvalue weighted by Gasteiger charge is -2.37. The van der Waals surface area contributed by atoms with Crippen LogP contribution in [0, 0.1) is 29.4 Å². The van der Waals surface area contributed by atoms with Crippen LogP contribution < -0.4 is 0 Å². The van der Waals surface area contributed by atoms with E-state index < -0.39 is 17.9 Å². The molecule has 126 valence electrons. The van der Waals surface area contributed by atoms with Crippen LogP contribution in [0.5, 0.6) is 0 Å². The Bertz CT molecular complexity index is 542. The van der Waals surface area contributed by atoms with Gasteiger partial charge in [0.05, 0.1) is 13.2 Å². The van der Waals surface area contributed by atoms with Crippen LogP contribution in [0.25, 0.3) is 0 Å². The monoisotopic (exact) mass is 322 g/mol. The van der Waals surface area contributed by atoms with Crippen LogP contribution in [0.2, 0.25) is 0 Å². The van der Waals surface area contributed by atoms with Crippen molar-refractivity contribution in [3.63, 3.8) is 0 Å². The Kier molecular flexibility index (Phi) is 5.44. The first kappa shape index (κ1) is 16.6. The first-order chi connectivity index (χ1) is 11.2. The first-order valence-electron chi connectivity index (χ1n) is 8.48.